The molecule has 0 radical (unpaired) electrons. The summed E-state index contributed by atoms with van der Waals surface area (Å²) in [7, 11) is 0. The van der Waals surface area contributed by atoms with E-state index in [2.05, 4.69) is 5.32 Å². The van der Waals surface area contributed by atoms with Crippen LogP contribution in [0.15, 0.2) is 30.3 Å². The Hall–Kier alpha value is -1.48. The molecule has 1 aliphatic rings. The number of hydrogen-bond donors (Lipinski definition) is 4. The number of carbonyl (C=O) groups excluding carboxylic acids is 1. The number of thiophene rings is 1. The standard InChI is InChI=1S/C16H18ClN3O3S/c17-12-3-1-10(2-4-12)8-18-16(22)20-6-5-11-7-13(15(21)19-23)24-14(11)9-20/h1-4,7,16,18,22-23H,5-6,8-9H2,(H,19,21). The average molecular weight is 368 g/mol. The van der Waals surface area contributed by atoms with Crippen LogP contribution in [0.25, 0.3) is 0 Å². The Labute approximate surface area is 148 Å². The van der Waals surface area contributed by atoms with Gasteiger partial charge in [-0.2, -0.15) is 0 Å². The third kappa shape index (κ3) is 3.94. The van der Waals surface area contributed by atoms with Gasteiger partial charge in [0.05, 0.1) is 4.88 Å². The molecule has 1 aliphatic heterocycles. The molecule has 1 unspecified atom stereocenters. The van der Waals surface area contributed by atoms with Crippen molar-refractivity contribution in [2.24, 2.45) is 0 Å². The first kappa shape index (κ1) is 17.3. The van der Waals surface area contributed by atoms with Gasteiger partial charge >= 0.3 is 0 Å². The van der Waals surface area contributed by atoms with Gasteiger partial charge in [-0.15, -0.1) is 11.3 Å². The van der Waals surface area contributed by atoms with E-state index in [9.17, 15) is 9.90 Å². The van der Waals surface area contributed by atoms with E-state index in [0.717, 1.165) is 22.4 Å². The number of halogens is 1. The van der Waals surface area contributed by atoms with Gasteiger partial charge in [0.25, 0.3) is 5.91 Å². The Balaban J connectivity index is 1.59. The lowest BCUT2D eigenvalue weighted by Gasteiger charge is -2.31. The van der Waals surface area contributed by atoms with Crippen LogP contribution in [0.3, 0.4) is 0 Å². The van der Waals surface area contributed by atoms with Gasteiger partial charge in [0.2, 0.25) is 0 Å². The molecule has 0 saturated carbocycles. The minimum Gasteiger partial charge on any atom is -0.365 e. The number of nitrogens with one attached hydrogen (secondary N) is 2. The molecule has 0 spiro atoms. The number of hydrogen-bond acceptors (Lipinski definition) is 6. The van der Waals surface area contributed by atoms with Crippen LogP contribution in [0.1, 0.15) is 25.7 Å². The van der Waals surface area contributed by atoms with Gasteiger partial charge in [-0.3, -0.25) is 20.2 Å². The highest BCUT2D eigenvalue weighted by atomic mass is 35.5. The number of carbonyl (C=O) groups is 1. The summed E-state index contributed by atoms with van der Waals surface area (Å²) in [6, 6.07) is 9.26. The molecule has 0 bridgehead atoms. The number of nitrogens with zero attached hydrogens (tertiary/aromatic N) is 1. The average Bonchev–Trinajstić information content (AvgIpc) is 3.03. The van der Waals surface area contributed by atoms with Crippen molar-refractivity contribution in [2.75, 3.05) is 6.54 Å². The van der Waals surface area contributed by atoms with Crippen molar-refractivity contribution in [1.82, 2.24) is 15.7 Å². The fraction of sp³-hybridized carbons (Fsp3) is 0.312. The monoisotopic (exact) mass is 367 g/mol. The number of benzene rings is 1. The fourth-order valence-electron chi connectivity index (χ4n) is 2.66. The quantitative estimate of drug-likeness (QED) is 0.369. The maximum atomic E-state index is 11.5. The van der Waals surface area contributed by atoms with Gasteiger partial charge < -0.3 is 5.11 Å². The smallest absolute Gasteiger partial charge is 0.284 e. The summed E-state index contributed by atoms with van der Waals surface area (Å²) in [6.45, 7) is 1.79. The normalized spacial score (nSPS) is 15.8. The summed E-state index contributed by atoms with van der Waals surface area (Å²) in [5.74, 6) is -0.498. The molecule has 2 aromatic rings. The third-order valence-electron chi connectivity index (χ3n) is 3.98. The van der Waals surface area contributed by atoms with Crippen molar-refractivity contribution in [2.45, 2.75) is 25.9 Å². The van der Waals surface area contributed by atoms with Gasteiger partial charge in [0.1, 0.15) is 0 Å². The van der Waals surface area contributed by atoms with E-state index in [1.807, 2.05) is 29.2 Å². The number of hydroxylamine groups is 1. The second-order valence-electron chi connectivity index (χ2n) is 5.60. The molecule has 128 valence electrons. The molecule has 1 aromatic carbocycles. The molecular weight excluding hydrogens is 350 g/mol. The van der Waals surface area contributed by atoms with Crippen LogP contribution in [0.4, 0.5) is 0 Å². The second kappa shape index (κ2) is 7.60. The molecule has 24 heavy (non-hydrogen) atoms. The molecule has 3 rings (SSSR count). The molecule has 1 atom stereocenters. The number of aliphatic hydroxyl groups is 1. The van der Waals surface area contributed by atoms with E-state index in [1.54, 1.807) is 11.5 Å². The molecule has 4 N–H and O–H groups in total. The van der Waals surface area contributed by atoms with Crippen LogP contribution in [0, 0.1) is 0 Å². The van der Waals surface area contributed by atoms with Crippen LogP contribution in [0.2, 0.25) is 5.02 Å². The highest BCUT2D eigenvalue weighted by molar-refractivity contribution is 7.14. The SMILES string of the molecule is O=C(NO)c1cc2c(s1)CN(C(O)NCc1ccc(Cl)cc1)CC2. The van der Waals surface area contributed by atoms with Gasteiger partial charge in [0, 0.05) is 29.5 Å². The van der Waals surface area contributed by atoms with Crippen LogP contribution in [-0.2, 0) is 19.5 Å². The zero-order valence-electron chi connectivity index (χ0n) is 12.8. The number of aliphatic hydroxyl groups excluding tert-OH is 1. The van der Waals surface area contributed by atoms with Crippen molar-refractivity contribution in [3.05, 3.63) is 56.2 Å². The highest BCUT2D eigenvalue weighted by Gasteiger charge is 2.25. The van der Waals surface area contributed by atoms with Gasteiger partial charge in [0.15, 0.2) is 6.35 Å². The minimum atomic E-state index is -0.772. The van der Waals surface area contributed by atoms with E-state index >= 15 is 0 Å². The highest BCUT2D eigenvalue weighted by Crippen LogP contribution is 2.28. The predicted molar refractivity (Wildman–Crippen MR) is 92.0 cm³/mol. The molecule has 8 heteroatoms. The minimum absolute atomic E-state index is 0.480. The van der Waals surface area contributed by atoms with Gasteiger partial charge in [-0.1, -0.05) is 23.7 Å². The van der Waals surface area contributed by atoms with Crippen molar-refractivity contribution in [3.63, 3.8) is 0 Å². The Kier molecular flexibility index (Phi) is 5.50. The maximum Gasteiger partial charge on any atom is 0.284 e. The predicted octanol–water partition coefficient (Wildman–Crippen LogP) is 1.94. The van der Waals surface area contributed by atoms with Crippen molar-refractivity contribution < 1.29 is 15.1 Å². The molecule has 0 fully saturated rings. The topological polar surface area (TPSA) is 84.8 Å². The van der Waals surface area contributed by atoms with Crippen LogP contribution < -0.4 is 10.8 Å². The van der Waals surface area contributed by atoms with E-state index in [1.165, 1.54) is 11.3 Å². The Morgan fingerprint density at radius 3 is 2.83 bits per heavy atom. The van der Waals surface area contributed by atoms with Crippen LogP contribution in [0.5, 0.6) is 0 Å². The van der Waals surface area contributed by atoms with Crippen molar-refractivity contribution >= 4 is 28.8 Å². The molecule has 1 amide bonds. The summed E-state index contributed by atoms with van der Waals surface area (Å²) in [6.07, 6.45) is -0.0180. The first-order valence-electron chi connectivity index (χ1n) is 7.53. The summed E-state index contributed by atoms with van der Waals surface area (Å²) < 4.78 is 0. The number of amides is 1. The Bertz CT molecular complexity index is 720. The lowest BCUT2D eigenvalue weighted by Crippen LogP contribution is -2.47. The zero-order chi connectivity index (χ0) is 17.1. The van der Waals surface area contributed by atoms with Gasteiger partial charge in [-0.25, -0.2) is 5.48 Å². The molecule has 6 nitrogen and oxygen atoms in total. The molecule has 0 saturated heterocycles. The summed E-state index contributed by atoms with van der Waals surface area (Å²) >= 11 is 7.20. The largest absolute Gasteiger partial charge is 0.365 e. The molecule has 0 aliphatic carbocycles. The first-order chi connectivity index (χ1) is 11.6. The lowest BCUT2D eigenvalue weighted by atomic mass is 10.1. The summed E-state index contributed by atoms with van der Waals surface area (Å²) in [5, 5.41) is 22.8. The Morgan fingerprint density at radius 2 is 2.12 bits per heavy atom. The molecule has 2 heterocycles. The summed E-state index contributed by atoms with van der Waals surface area (Å²) in [4.78, 5) is 14.9. The third-order valence-corrected chi connectivity index (χ3v) is 5.40. The molecular formula is C16H18ClN3O3S. The summed E-state index contributed by atoms with van der Waals surface area (Å²) in [5.41, 5.74) is 3.79. The van der Waals surface area contributed by atoms with Crippen molar-refractivity contribution in [3.8, 4) is 0 Å². The van der Waals surface area contributed by atoms with E-state index in [4.69, 9.17) is 16.8 Å². The van der Waals surface area contributed by atoms with E-state index in [-0.39, 0.29) is 0 Å². The van der Waals surface area contributed by atoms with Gasteiger partial charge in [-0.05, 0) is 35.7 Å². The first-order valence-corrected chi connectivity index (χ1v) is 8.72. The van der Waals surface area contributed by atoms with Crippen LogP contribution in [-0.4, -0.2) is 34.0 Å². The van der Waals surface area contributed by atoms with E-state index in [0.29, 0.717) is 29.5 Å². The maximum absolute atomic E-state index is 11.5. The Morgan fingerprint density at radius 1 is 1.38 bits per heavy atom. The van der Waals surface area contributed by atoms with Crippen LogP contribution >= 0.6 is 22.9 Å². The second-order valence-corrected chi connectivity index (χ2v) is 7.17. The van der Waals surface area contributed by atoms with Crippen molar-refractivity contribution in [1.29, 1.82) is 0 Å². The molecule has 1 aromatic heterocycles. The van der Waals surface area contributed by atoms with E-state index < -0.39 is 12.3 Å². The zero-order valence-corrected chi connectivity index (χ0v) is 14.4. The lowest BCUT2D eigenvalue weighted by molar-refractivity contribution is -0.0313. The number of rotatable bonds is 5. The fourth-order valence-corrected chi connectivity index (χ4v) is 3.91. The number of fused-ring (bicyclic) bond motifs is 1.